The molecule has 0 bridgehead atoms. The zero-order chi connectivity index (χ0) is 14.8. The maximum atomic E-state index is 12.6. The quantitative estimate of drug-likeness (QED) is 0.927. The van der Waals surface area contributed by atoms with E-state index in [9.17, 15) is 13.2 Å². The van der Waals surface area contributed by atoms with Crippen molar-refractivity contribution in [2.24, 2.45) is 11.7 Å². The molecule has 2 heterocycles. The predicted molar refractivity (Wildman–Crippen MR) is 72.4 cm³/mol. The van der Waals surface area contributed by atoms with Crippen molar-refractivity contribution in [1.82, 2.24) is 4.98 Å². The number of hydrogen-bond acceptors (Lipinski definition) is 3. The van der Waals surface area contributed by atoms with Crippen LogP contribution in [0.25, 0.3) is 0 Å². The van der Waals surface area contributed by atoms with Crippen LogP contribution in [0.2, 0.25) is 0 Å². The zero-order valence-corrected chi connectivity index (χ0v) is 11.5. The number of rotatable bonds is 3. The smallest absolute Gasteiger partial charge is 0.370 e. The van der Waals surface area contributed by atoms with Crippen LogP contribution in [0, 0.1) is 5.92 Å². The summed E-state index contributed by atoms with van der Waals surface area (Å²) in [6, 6.07) is 3.67. The molecule has 112 valence electrons. The van der Waals surface area contributed by atoms with Crippen LogP contribution in [-0.2, 0) is 0 Å². The number of piperidine rings is 1. The highest BCUT2D eigenvalue weighted by molar-refractivity contribution is 5.45. The average Bonchev–Trinajstić information content (AvgIpc) is 2.46. The summed E-state index contributed by atoms with van der Waals surface area (Å²) in [6.45, 7) is 2.83. The summed E-state index contributed by atoms with van der Waals surface area (Å²) in [7, 11) is 0. The van der Waals surface area contributed by atoms with E-state index in [1.807, 2.05) is 24.0 Å². The maximum Gasteiger partial charge on any atom is 0.391 e. The molecule has 6 heteroatoms. The Balaban J connectivity index is 1.97. The van der Waals surface area contributed by atoms with Gasteiger partial charge in [-0.3, -0.25) is 4.98 Å². The third-order valence-corrected chi connectivity index (χ3v) is 3.91. The van der Waals surface area contributed by atoms with Crippen LogP contribution in [0.3, 0.4) is 0 Å². The monoisotopic (exact) mass is 287 g/mol. The fourth-order valence-corrected chi connectivity index (χ4v) is 2.48. The van der Waals surface area contributed by atoms with E-state index in [2.05, 4.69) is 4.98 Å². The van der Waals surface area contributed by atoms with Crippen LogP contribution in [-0.4, -0.2) is 24.2 Å². The molecule has 1 aliphatic rings. The second-order valence-corrected chi connectivity index (χ2v) is 5.26. The predicted octanol–water partition coefficient (Wildman–Crippen LogP) is 3.27. The summed E-state index contributed by atoms with van der Waals surface area (Å²) >= 11 is 0. The Morgan fingerprint density at radius 2 is 2.00 bits per heavy atom. The molecule has 1 aliphatic heterocycles. The first-order valence-electron chi connectivity index (χ1n) is 6.95. The van der Waals surface area contributed by atoms with Gasteiger partial charge in [-0.1, -0.05) is 6.92 Å². The molecule has 0 saturated carbocycles. The third kappa shape index (κ3) is 3.42. The Hall–Kier alpha value is -1.30. The number of hydrogen-bond donors (Lipinski definition) is 1. The van der Waals surface area contributed by atoms with Crippen molar-refractivity contribution in [1.29, 1.82) is 0 Å². The first-order valence-corrected chi connectivity index (χ1v) is 6.95. The van der Waals surface area contributed by atoms with Crippen molar-refractivity contribution in [3.63, 3.8) is 0 Å². The van der Waals surface area contributed by atoms with Gasteiger partial charge in [0, 0.05) is 19.1 Å². The van der Waals surface area contributed by atoms with Gasteiger partial charge < -0.3 is 10.6 Å². The van der Waals surface area contributed by atoms with Gasteiger partial charge in [0.1, 0.15) is 0 Å². The summed E-state index contributed by atoms with van der Waals surface area (Å²) in [5.41, 5.74) is 7.58. The summed E-state index contributed by atoms with van der Waals surface area (Å²) in [4.78, 5) is 6.26. The molecule has 0 radical (unpaired) electrons. The van der Waals surface area contributed by atoms with E-state index < -0.39 is 12.1 Å². The van der Waals surface area contributed by atoms with Gasteiger partial charge in [-0.25, -0.2) is 0 Å². The van der Waals surface area contributed by atoms with Crippen molar-refractivity contribution in [2.75, 3.05) is 18.0 Å². The molecule has 1 aromatic rings. The van der Waals surface area contributed by atoms with E-state index in [1.165, 1.54) is 0 Å². The lowest BCUT2D eigenvalue weighted by molar-refractivity contribution is -0.179. The Morgan fingerprint density at radius 3 is 2.45 bits per heavy atom. The Kier molecular flexibility index (Phi) is 4.52. The highest BCUT2D eigenvalue weighted by atomic mass is 19.4. The topological polar surface area (TPSA) is 42.1 Å². The largest absolute Gasteiger partial charge is 0.391 e. The van der Waals surface area contributed by atoms with Gasteiger partial charge in [0.15, 0.2) is 0 Å². The molecule has 0 spiro atoms. The van der Waals surface area contributed by atoms with Crippen LogP contribution in [0.1, 0.15) is 37.9 Å². The molecule has 0 amide bonds. The maximum absolute atomic E-state index is 12.6. The number of alkyl halides is 3. The molecule has 0 unspecified atom stereocenters. The molecule has 1 atom stereocenters. The number of nitrogens with two attached hydrogens (primary N) is 1. The fraction of sp³-hybridized carbons (Fsp3) is 0.643. The lowest BCUT2D eigenvalue weighted by Crippen LogP contribution is -2.39. The zero-order valence-electron chi connectivity index (χ0n) is 11.5. The average molecular weight is 287 g/mol. The molecule has 1 fully saturated rings. The summed E-state index contributed by atoms with van der Waals surface area (Å²) in [5, 5.41) is 0. The van der Waals surface area contributed by atoms with Crippen LogP contribution < -0.4 is 10.6 Å². The molecule has 0 aliphatic carbocycles. The Morgan fingerprint density at radius 1 is 1.35 bits per heavy atom. The molecular weight excluding hydrogens is 267 g/mol. The minimum atomic E-state index is -4.07. The Labute approximate surface area is 117 Å². The number of pyridine rings is 1. The normalized spacial score (nSPS) is 19.1. The van der Waals surface area contributed by atoms with E-state index in [0.29, 0.717) is 13.1 Å². The SMILES string of the molecule is CC[C@@H](N)c1ccc(N2CCC(C(F)(F)F)CC2)cn1. The lowest BCUT2D eigenvalue weighted by atomic mass is 9.96. The minimum Gasteiger partial charge on any atom is -0.370 e. The molecule has 2 N–H and O–H groups in total. The lowest BCUT2D eigenvalue weighted by Gasteiger charge is -2.34. The number of anilines is 1. The third-order valence-electron chi connectivity index (χ3n) is 3.91. The van der Waals surface area contributed by atoms with Gasteiger partial charge in [0.2, 0.25) is 0 Å². The summed E-state index contributed by atoms with van der Waals surface area (Å²) in [6.07, 6.45) is -1.25. The van der Waals surface area contributed by atoms with Gasteiger partial charge in [-0.05, 0) is 31.4 Å². The number of nitrogens with zero attached hydrogens (tertiary/aromatic N) is 2. The fourth-order valence-electron chi connectivity index (χ4n) is 2.48. The van der Waals surface area contributed by atoms with E-state index in [1.54, 1.807) is 6.20 Å². The van der Waals surface area contributed by atoms with Gasteiger partial charge in [-0.15, -0.1) is 0 Å². The minimum absolute atomic E-state index is 0.0833. The van der Waals surface area contributed by atoms with Crippen molar-refractivity contribution in [3.8, 4) is 0 Å². The molecular formula is C14H20F3N3. The van der Waals surface area contributed by atoms with E-state index in [4.69, 9.17) is 5.73 Å². The molecule has 1 saturated heterocycles. The Bertz CT molecular complexity index is 422. The van der Waals surface area contributed by atoms with E-state index in [0.717, 1.165) is 17.8 Å². The highest BCUT2D eigenvalue weighted by Gasteiger charge is 2.41. The van der Waals surface area contributed by atoms with Crippen molar-refractivity contribution in [2.45, 2.75) is 38.4 Å². The molecule has 1 aromatic heterocycles. The van der Waals surface area contributed by atoms with Crippen molar-refractivity contribution in [3.05, 3.63) is 24.0 Å². The number of halogens is 3. The van der Waals surface area contributed by atoms with E-state index in [-0.39, 0.29) is 18.9 Å². The van der Waals surface area contributed by atoms with Crippen LogP contribution in [0.15, 0.2) is 18.3 Å². The van der Waals surface area contributed by atoms with Gasteiger partial charge in [-0.2, -0.15) is 13.2 Å². The molecule has 20 heavy (non-hydrogen) atoms. The van der Waals surface area contributed by atoms with Crippen LogP contribution >= 0.6 is 0 Å². The van der Waals surface area contributed by atoms with Gasteiger partial charge in [0.05, 0.1) is 23.5 Å². The first kappa shape index (κ1) is 15.1. The molecule has 0 aromatic carbocycles. The summed E-state index contributed by atoms with van der Waals surface area (Å²) < 4.78 is 37.8. The van der Waals surface area contributed by atoms with Gasteiger partial charge >= 0.3 is 6.18 Å². The molecule has 2 rings (SSSR count). The first-order chi connectivity index (χ1) is 9.41. The second-order valence-electron chi connectivity index (χ2n) is 5.26. The second kappa shape index (κ2) is 5.99. The standard InChI is InChI=1S/C14H20F3N3/c1-2-12(18)13-4-3-11(9-19-13)20-7-5-10(6-8-20)14(15,16)17/h3-4,9-10,12H,2,5-8,18H2,1H3/t12-/m1/s1. The number of aromatic nitrogens is 1. The van der Waals surface area contributed by atoms with Gasteiger partial charge in [0.25, 0.3) is 0 Å². The van der Waals surface area contributed by atoms with Crippen LogP contribution in [0.5, 0.6) is 0 Å². The highest BCUT2D eigenvalue weighted by Crippen LogP contribution is 2.35. The van der Waals surface area contributed by atoms with Crippen molar-refractivity contribution < 1.29 is 13.2 Å². The van der Waals surface area contributed by atoms with E-state index >= 15 is 0 Å². The summed E-state index contributed by atoms with van der Waals surface area (Å²) in [5.74, 6) is -1.17. The molecule has 3 nitrogen and oxygen atoms in total. The van der Waals surface area contributed by atoms with Crippen LogP contribution in [0.4, 0.5) is 18.9 Å². The van der Waals surface area contributed by atoms with Crippen molar-refractivity contribution >= 4 is 5.69 Å².